The maximum atomic E-state index is 6.98. The molecule has 2 N–H and O–H groups in total. The van der Waals surface area contributed by atoms with Gasteiger partial charge in [-0.2, -0.15) is 0 Å². The van der Waals surface area contributed by atoms with Gasteiger partial charge in [-0.25, -0.2) is 0 Å². The van der Waals surface area contributed by atoms with E-state index in [4.69, 9.17) is 10.8 Å². The Kier molecular flexibility index (Phi) is 0.974. The average molecular weight is 104 g/mol. The molecule has 0 saturated heterocycles. The van der Waals surface area contributed by atoms with Gasteiger partial charge in [0.15, 0.2) is 0 Å². The van der Waals surface area contributed by atoms with Gasteiger partial charge < -0.3 is 0 Å². The SMILES string of the molecule is N=C1C#CC=CC1=N. The first kappa shape index (κ1) is 4.79. The third kappa shape index (κ3) is 0.662. The molecule has 0 spiro atoms. The second-order valence-electron chi connectivity index (χ2n) is 1.39. The highest BCUT2D eigenvalue weighted by Crippen LogP contribution is 1.85. The summed E-state index contributed by atoms with van der Waals surface area (Å²) in [6.07, 6.45) is 3.08. The van der Waals surface area contributed by atoms with Crippen LogP contribution >= 0.6 is 0 Å². The number of nitrogens with one attached hydrogen (secondary N) is 2. The highest BCUT2D eigenvalue weighted by molar-refractivity contribution is 6.50. The minimum absolute atomic E-state index is 0.104. The Hall–Kier alpha value is -1.36. The van der Waals surface area contributed by atoms with Crippen molar-refractivity contribution in [1.82, 2.24) is 0 Å². The molecule has 0 fully saturated rings. The number of hydrogen-bond donors (Lipinski definition) is 2. The van der Waals surface area contributed by atoms with E-state index >= 15 is 0 Å². The van der Waals surface area contributed by atoms with E-state index in [0.29, 0.717) is 0 Å². The zero-order valence-corrected chi connectivity index (χ0v) is 4.15. The largest absolute Gasteiger partial charge is 0.298 e. The maximum Gasteiger partial charge on any atom is 0.130 e. The van der Waals surface area contributed by atoms with Crippen LogP contribution in [0.2, 0.25) is 0 Å². The first-order chi connectivity index (χ1) is 3.80. The molecule has 0 heterocycles. The van der Waals surface area contributed by atoms with Crippen LogP contribution in [0.4, 0.5) is 0 Å². The minimum Gasteiger partial charge on any atom is -0.298 e. The summed E-state index contributed by atoms with van der Waals surface area (Å²) in [6, 6.07) is 0. The van der Waals surface area contributed by atoms with Gasteiger partial charge >= 0.3 is 0 Å². The van der Waals surface area contributed by atoms with E-state index in [1.807, 2.05) is 0 Å². The standard InChI is InChI=1S/C6H4N2/c7-5-3-1-2-4-6(5)8/h1,3,7-8H. The van der Waals surface area contributed by atoms with Crippen molar-refractivity contribution in [3.8, 4) is 11.8 Å². The Labute approximate surface area is 47.2 Å². The van der Waals surface area contributed by atoms with Gasteiger partial charge in [0.2, 0.25) is 0 Å². The third-order valence-corrected chi connectivity index (χ3v) is 0.800. The van der Waals surface area contributed by atoms with E-state index in [2.05, 4.69) is 11.8 Å². The number of hydrogen-bond acceptors (Lipinski definition) is 2. The molecule has 0 bridgehead atoms. The zero-order valence-electron chi connectivity index (χ0n) is 4.15. The third-order valence-electron chi connectivity index (χ3n) is 0.800. The van der Waals surface area contributed by atoms with E-state index in [9.17, 15) is 0 Å². The topological polar surface area (TPSA) is 47.7 Å². The Morgan fingerprint density at radius 1 is 1.38 bits per heavy atom. The molecule has 0 radical (unpaired) electrons. The van der Waals surface area contributed by atoms with Crippen molar-refractivity contribution in [3.63, 3.8) is 0 Å². The summed E-state index contributed by atoms with van der Waals surface area (Å²) < 4.78 is 0. The highest BCUT2D eigenvalue weighted by atomic mass is 14.5. The van der Waals surface area contributed by atoms with E-state index < -0.39 is 0 Å². The fourth-order valence-electron chi connectivity index (χ4n) is 0.390. The molecule has 0 saturated carbocycles. The van der Waals surface area contributed by atoms with Crippen molar-refractivity contribution in [2.45, 2.75) is 0 Å². The molecule has 0 aliphatic heterocycles. The Morgan fingerprint density at radius 3 is 2.50 bits per heavy atom. The summed E-state index contributed by atoms with van der Waals surface area (Å²) in [6.45, 7) is 0. The number of rotatable bonds is 0. The molecule has 2 nitrogen and oxygen atoms in total. The van der Waals surface area contributed by atoms with Gasteiger partial charge in [0.1, 0.15) is 5.71 Å². The fraction of sp³-hybridized carbons (Fsp3) is 0. The minimum atomic E-state index is 0.104. The van der Waals surface area contributed by atoms with E-state index in [-0.39, 0.29) is 11.4 Å². The second-order valence-corrected chi connectivity index (χ2v) is 1.39. The van der Waals surface area contributed by atoms with Gasteiger partial charge in [0.25, 0.3) is 0 Å². The van der Waals surface area contributed by atoms with Crippen molar-refractivity contribution in [2.75, 3.05) is 0 Å². The average Bonchev–Trinajstić information content (AvgIpc) is 1.77. The first-order valence-corrected chi connectivity index (χ1v) is 2.16. The van der Waals surface area contributed by atoms with E-state index in [1.165, 1.54) is 6.08 Å². The fourth-order valence-corrected chi connectivity index (χ4v) is 0.390. The lowest BCUT2D eigenvalue weighted by Gasteiger charge is -1.91. The molecule has 0 aromatic rings. The van der Waals surface area contributed by atoms with Crippen LogP contribution in [0.5, 0.6) is 0 Å². The monoisotopic (exact) mass is 104 g/mol. The van der Waals surface area contributed by atoms with Crippen LogP contribution in [0, 0.1) is 22.7 Å². The van der Waals surface area contributed by atoms with Crippen LogP contribution in [0.25, 0.3) is 0 Å². The van der Waals surface area contributed by atoms with Crippen molar-refractivity contribution < 1.29 is 0 Å². The van der Waals surface area contributed by atoms with Crippen molar-refractivity contribution in [1.29, 1.82) is 10.8 Å². The molecular formula is C6H4N2. The molecule has 2 heteroatoms. The van der Waals surface area contributed by atoms with Crippen molar-refractivity contribution in [2.24, 2.45) is 0 Å². The number of allylic oxidation sites excluding steroid dienone is 2. The normalized spacial score (nSPS) is 15.5. The molecular weight excluding hydrogens is 100 g/mol. The Morgan fingerprint density at radius 2 is 2.12 bits per heavy atom. The van der Waals surface area contributed by atoms with Crippen molar-refractivity contribution in [3.05, 3.63) is 12.2 Å². The summed E-state index contributed by atoms with van der Waals surface area (Å²) >= 11 is 0. The molecule has 0 unspecified atom stereocenters. The molecule has 0 atom stereocenters. The first-order valence-electron chi connectivity index (χ1n) is 2.16. The Bertz CT molecular complexity index is 225. The summed E-state index contributed by atoms with van der Waals surface area (Å²) in [5.41, 5.74) is 0.302. The molecule has 1 aliphatic carbocycles. The molecule has 0 aromatic heterocycles. The summed E-state index contributed by atoms with van der Waals surface area (Å²) in [5, 5.41) is 13.9. The van der Waals surface area contributed by atoms with Crippen LogP contribution in [-0.2, 0) is 0 Å². The van der Waals surface area contributed by atoms with E-state index in [1.54, 1.807) is 6.08 Å². The summed E-state index contributed by atoms with van der Waals surface area (Å²) in [7, 11) is 0. The molecule has 1 aliphatic rings. The molecule has 0 aromatic carbocycles. The quantitative estimate of drug-likeness (QED) is 0.423. The van der Waals surface area contributed by atoms with Crippen LogP contribution in [0.1, 0.15) is 0 Å². The zero-order chi connectivity index (χ0) is 5.98. The molecule has 1 rings (SSSR count). The molecule has 38 valence electrons. The Balaban J connectivity index is 2.99. The second kappa shape index (κ2) is 1.63. The lowest BCUT2D eigenvalue weighted by Crippen LogP contribution is -2.07. The smallest absolute Gasteiger partial charge is 0.130 e. The summed E-state index contributed by atoms with van der Waals surface area (Å²) in [5.74, 6) is 5.02. The summed E-state index contributed by atoms with van der Waals surface area (Å²) in [4.78, 5) is 0. The van der Waals surface area contributed by atoms with Crippen LogP contribution in [0.15, 0.2) is 12.2 Å². The molecule has 0 amide bonds. The highest BCUT2D eigenvalue weighted by Gasteiger charge is 1.97. The van der Waals surface area contributed by atoms with Crippen LogP contribution in [-0.4, -0.2) is 11.4 Å². The van der Waals surface area contributed by atoms with Gasteiger partial charge in [-0.1, -0.05) is 5.92 Å². The molecule has 8 heavy (non-hydrogen) atoms. The lowest BCUT2D eigenvalue weighted by molar-refractivity contribution is 1.50. The predicted octanol–water partition coefficient (Wildman–Crippen LogP) is 0.599. The van der Waals surface area contributed by atoms with Gasteiger partial charge in [0.05, 0.1) is 5.71 Å². The van der Waals surface area contributed by atoms with Crippen LogP contribution < -0.4 is 0 Å². The van der Waals surface area contributed by atoms with Gasteiger partial charge in [-0.3, -0.25) is 10.8 Å². The van der Waals surface area contributed by atoms with E-state index in [0.717, 1.165) is 0 Å². The van der Waals surface area contributed by atoms with Gasteiger partial charge in [-0.05, 0) is 18.1 Å². The maximum absolute atomic E-state index is 6.98. The van der Waals surface area contributed by atoms with Crippen LogP contribution in [0.3, 0.4) is 0 Å². The van der Waals surface area contributed by atoms with Gasteiger partial charge in [0, 0.05) is 0 Å². The van der Waals surface area contributed by atoms with Crippen molar-refractivity contribution >= 4 is 11.4 Å². The predicted molar refractivity (Wildman–Crippen MR) is 32.4 cm³/mol. The lowest BCUT2D eigenvalue weighted by atomic mass is 10.2. The van der Waals surface area contributed by atoms with Gasteiger partial charge in [-0.15, -0.1) is 0 Å².